The van der Waals surface area contributed by atoms with E-state index < -0.39 is 0 Å². The lowest BCUT2D eigenvalue weighted by Gasteiger charge is -2.09. The van der Waals surface area contributed by atoms with E-state index in [-0.39, 0.29) is 11.8 Å². The Labute approximate surface area is 196 Å². The van der Waals surface area contributed by atoms with E-state index >= 15 is 0 Å². The second-order valence-electron chi connectivity index (χ2n) is 7.79. The van der Waals surface area contributed by atoms with E-state index in [9.17, 15) is 9.59 Å². The van der Waals surface area contributed by atoms with Crippen molar-refractivity contribution >= 4 is 51.1 Å². The second kappa shape index (κ2) is 9.35. The third-order valence-corrected chi connectivity index (χ3v) is 6.50. The number of para-hydroxylation sites is 2. The summed E-state index contributed by atoms with van der Waals surface area (Å²) in [5.74, 6) is 0.255. The minimum Gasteiger partial charge on any atom is -0.326 e. The number of nitrogens with one attached hydrogen (secondary N) is 1. The van der Waals surface area contributed by atoms with Crippen LogP contribution in [0.15, 0.2) is 108 Å². The number of hydrogen-bond acceptors (Lipinski definition) is 3. The number of thioether (sulfide) groups is 1. The van der Waals surface area contributed by atoms with Crippen LogP contribution in [-0.2, 0) is 11.2 Å². The van der Waals surface area contributed by atoms with E-state index in [1.807, 2.05) is 95.6 Å². The predicted molar refractivity (Wildman–Crippen MR) is 136 cm³/mol. The lowest BCUT2D eigenvalue weighted by atomic mass is 10.1. The van der Waals surface area contributed by atoms with Crippen molar-refractivity contribution in [1.29, 1.82) is 0 Å². The molecule has 0 atom stereocenters. The molecule has 5 rings (SSSR count). The Kier molecular flexibility index (Phi) is 5.96. The summed E-state index contributed by atoms with van der Waals surface area (Å²) in [5, 5.41) is 5.11. The molecule has 0 unspecified atom stereocenters. The number of amides is 1. The molecule has 0 aliphatic carbocycles. The van der Waals surface area contributed by atoms with Gasteiger partial charge in [0.05, 0.1) is 23.2 Å². The van der Waals surface area contributed by atoms with Crippen LogP contribution in [0.5, 0.6) is 0 Å². The third kappa shape index (κ3) is 4.54. The van der Waals surface area contributed by atoms with Crippen LogP contribution in [0.25, 0.3) is 21.8 Å². The van der Waals surface area contributed by atoms with Gasteiger partial charge in [0, 0.05) is 21.4 Å². The van der Waals surface area contributed by atoms with Crippen LogP contribution in [0, 0.1) is 0 Å². The molecule has 0 aliphatic rings. The van der Waals surface area contributed by atoms with Crippen LogP contribution in [-0.4, -0.2) is 22.1 Å². The zero-order valence-corrected chi connectivity index (χ0v) is 18.7. The SMILES string of the molecule is O=C(Cc1ccccc1)Nc1cccc(SCC(=O)n2c3ccccc3c3ccccc32)c1. The number of aromatic nitrogens is 1. The molecule has 162 valence electrons. The van der Waals surface area contributed by atoms with Gasteiger partial charge in [-0.25, -0.2) is 0 Å². The molecular formula is C28H22N2O2S. The first-order valence-electron chi connectivity index (χ1n) is 10.8. The van der Waals surface area contributed by atoms with Gasteiger partial charge in [0.2, 0.25) is 11.8 Å². The molecule has 1 N–H and O–H groups in total. The van der Waals surface area contributed by atoms with Gasteiger partial charge in [-0.05, 0) is 35.9 Å². The maximum atomic E-state index is 13.2. The number of rotatable bonds is 6. The van der Waals surface area contributed by atoms with E-state index in [2.05, 4.69) is 17.4 Å². The van der Waals surface area contributed by atoms with Gasteiger partial charge in [-0.1, -0.05) is 72.8 Å². The normalized spacial score (nSPS) is 11.0. The molecule has 0 aliphatic heterocycles. The average Bonchev–Trinajstić information content (AvgIpc) is 3.18. The number of fused-ring (bicyclic) bond motifs is 3. The fourth-order valence-corrected chi connectivity index (χ4v) is 4.86. The summed E-state index contributed by atoms with van der Waals surface area (Å²) in [6, 6.07) is 33.3. The molecule has 4 nitrogen and oxygen atoms in total. The average molecular weight is 451 g/mol. The molecule has 0 saturated heterocycles. The number of nitrogens with zero attached hydrogens (tertiary/aromatic N) is 1. The molecule has 0 spiro atoms. The van der Waals surface area contributed by atoms with E-state index in [4.69, 9.17) is 0 Å². The molecular weight excluding hydrogens is 428 g/mol. The van der Waals surface area contributed by atoms with E-state index in [0.717, 1.165) is 38.0 Å². The van der Waals surface area contributed by atoms with Crippen molar-refractivity contribution in [3.05, 3.63) is 109 Å². The Balaban J connectivity index is 1.30. The van der Waals surface area contributed by atoms with Crippen LogP contribution < -0.4 is 5.32 Å². The van der Waals surface area contributed by atoms with Crippen LogP contribution >= 0.6 is 11.8 Å². The quantitative estimate of drug-likeness (QED) is 0.304. The Morgan fingerprint density at radius 3 is 2.06 bits per heavy atom. The lowest BCUT2D eigenvalue weighted by molar-refractivity contribution is -0.115. The van der Waals surface area contributed by atoms with Crippen LogP contribution in [0.3, 0.4) is 0 Å². The van der Waals surface area contributed by atoms with Gasteiger partial charge in [-0.2, -0.15) is 0 Å². The zero-order chi connectivity index (χ0) is 22.6. The monoisotopic (exact) mass is 450 g/mol. The molecule has 0 saturated carbocycles. The predicted octanol–water partition coefficient (Wildman–Crippen LogP) is 6.41. The third-order valence-electron chi connectivity index (χ3n) is 5.52. The van der Waals surface area contributed by atoms with Gasteiger partial charge < -0.3 is 5.32 Å². The highest BCUT2D eigenvalue weighted by atomic mass is 32.2. The summed E-state index contributed by atoms with van der Waals surface area (Å²) >= 11 is 1.47. The Hall–Kier alpha value is -3.83. The van der Waals surface area contributed by atoms with E-state index in [1.54, 1.807) is 0 Å². The zero-order valence-electron chi connectivity index (χ0n) is 17.9. The van der Waals surface area contributed by atoms with Gasteiger partial charge in [0.15, 0.2) is 0 Å². The Bertz CT molecular complexity index is 1400. The van der Waals surface area contributed by atoms with Crippen molar-refractivity contribution in [2.45, 2.75) is 11.3 Å². The van der Waals surface area contributed by atoms with Gasteiger partial charge >= 0.3 is 0 Å². The Morgan fingerprint density at radius 1 is 0.727 bits per heavy atom. The molecule has 4 aromatic carbocycles. The topological polar surface area (TPSA) is 51.1 Å². The van der Waals surface area contributed by atoms with Crippen LogP contribution in [0.4, 0.5) is 5.69 Å². The molecule has 33 heavy (non-hydrogen) atoms. The first-order valence-corrected chi connectivity index (χ1v) is 11.8. The molecule has 1 amide bonds. The summed E-state index contributed by atoms with van der Waals surface area (Å²) in [4.78, 5) is 26.6. The number of carbonyl (C=O) groups is 2. The van der Waals surface area contributed by atoms with E-state index in [0.29, 0.717) is 12.2 Å². The summed E-state index contributed by atoms with van der Waals surface area (Å²) in [7, 11) is 0. The summed E-state index contributed by atoms with van der Waals surface area (Å²) in [5.41, 5.74) is 3.54. The van der Waals surface area contributed by atoms with Crippen molar-refractivity contribution in [3.8, 4) is 0 Å². The standard InChI is InChI=1S/C28H22N2O2S/c31-27(17-20-9-2-1-3-10-20)29-21-11-8-12-22(18-21)33-19-28(32)30-25-15-6-4-13-23(25)24-14-5-7-16-26(24)30/h1-16,18H,17,19H2,(H,29,31). The molecule has 5 heteroatoms. The maximum absolute atomic E-state index is 13.2. The van der Waals surface area contributed by atoms with E-state index in [1.165, 1.54) is 11.8 Å². The van der Waals surface area contributed by atoms with Crippen molar-refractivity contribution in [2.24, 2.45) is 0 Å². The Morgan fingerprint density at radius 2 is 1.36 bits per heavy atom. The number of anilines is 1. The summed E-state index contributed by atoms with van der Waals surface area (Å²) < 4.78 is 1.81. The molecule has 5 aromatic rings. The fraction of sp³-hybridized carbons (Fsp3) is 0.0714. The lowest BCUT2D eigenvalue weighted by Crippen LogP contribution is -2.14. The molecule has 0 fully saturated rings. The highest BCUT2D eigenvalue weighted by molar-refractivity contribution is 8.00. The van der Waals surface area contributed by atoms with Crippen LogP contribution in [0.1, 0.15) is 10.4 Å². The smallest absolute Gasteiger partial charge is 0.241 e. The molecule has 1 heterocycles. The molecule has 0 radical (unpaired) electrons. The van der Waals surface area contributed by atoms with Gasteiger partial charge in [0.1, 0.15) is 0 Å². The minimum atomic E-state index is -0.0651. The number of hydrogen-bond donors (Lipinski definition) is 1. The first-order chi connectivity index (χ1) is 16.2. The van der Waals surface area contributed by atoms with Crippen molar-refractivity contribution in [3.63, 3.8) is 0 Å². The number of carbonyl (C=O) groups excluding carboxylic acids is 2. The highest BCUT2D eigenvalue weighted by Crippen LogP contribution is 2.30. The second-order valence-corrected chi connectivity index (χ2v) is 8.84. The van der Waals surface area contributed by atoms with Crippen molar-refractivity contribution < 1.29 is 9.59 Å². The fourth-order valence-electron chi connectivity index (χ4n) is 4.05. The van der Waals surface area contributed by atoms with Gasteiger partial charge in [0.25, 0.3) is 0 Å². The van der Waals surface area contributed by atoms with Gasteiger partial charge in [-0.3, -0.25) is 14.2 Å². The summed E-state index contributed by atoms with van der Waals surface area (Å²) in [6.45, 7) is 0. The maximum Gasteiger partial charge on any atom is 0.241 e. The minimum absolute atomic E-state index is 0.0240. The molecule has 1 aromatic heterocycles. The number of benzene rings is 4. The largest absolute Gasteiger partial charge is 0.326 e. The van der Waals surface area contributed by atoms with Crippen molar-refractivity contribution in [1.82, 2.24) is 4.57 Å². The van der Waals surface area contributed by atoms with Gasteiger partial charge in [-0.15, -0.1) is 11.8 Å². The van der Waals surface area contributed by atoms with Crippen molar-refractivity contribution in [2.75, 3.05) is 11.1 Å². The van der Waals surface area contributed by atoms with Crippen LogP contribution in [0.2, 0.25) is 0 Å². The first kappa shape index (κ1) is 21.0. The molecule has 0 bridgehead atoms. The highest BCUT2D eigenvalue weighted by Gasteiger charge is 2.15. The summed E-state index contributed by atoms with van der Waals surface area (Å²) in [6.07, 6.45) is 0.324.